The molecule has 2 heterocycles. The number of aryl methyl sites for hydroxylation is 2. The predicted molar refractivity (Wildman–Crippen MR) is 103 cm³/mol. The SMILES string of the molecule is COc1cccc(OCC(=O)Nc2cc(C)nn2-c2nc(C)c(C)c(=O)[nH]2)c1. The Kier molecular flexibility index (Phi) is 5.44. The number of H-pyrrole nitrogens is 1. The van der Waals surface area contributed by atoms with E-state index < -0.39 is 0 Å². The van der Waals surface area contributed by atoms with E-state index in [0.717, 1.165) is 0 Å². The molecule has 0 fully saturated rings. The van der Waals surface area contributed by atoms with Gasteiger partial charge in [-0.25, -0.2) is 4.98 Å². The van der Waals surface area contributed by atoms with E-state index in [1.54, 1.807) is 58.2 Å². The van der Waals surface area contributed by atoms with Crippen molar-refractivity contribution < 1.29 is 14.3 Å². The van der Waals surface area contributed by atoms with Crippen molar-refractivity contribution in [1.29, 1.82) is 0 Å². The summed E-state index contributed by atoms with van der Waals surface area (Å²) in [5.74, 6) is 1.37. The lowest BCUT2D eigenvalue weighted by atomic mass is 10.3. The Bertz CT molecular complexity index is 1070. The van der Waals surface area contributed by atoms with Crippen LogP contribution in [0.15, 0.2) is 35.1 Å². The Morgan fingerprint density at radius 3 is 2.68 bits per heavy atom. The van der Waals surface area contributed by atoms with Gasteiger partial charge in [0.25, 0.3) is 11.5 Å². The first-order valence-corrected chi connectivity index (χ1v) is 8.58. The highest BCUT2D eigenvalue weighted by Gasteiger charge is 2.14. The first kappa shape index (κ1) is 19.2. The van der Waals surface area contributed by atoms with Gasteiger partial charge in [-0.05, 0) is 32.9 Å². The van der Waals surface area contributed by atoms with Crippen molar-refractivity contribution >= 4 is 11.7 Å². The molecule has 2 aromatic heterocycles. The summed E-state index contributed by atoms with van der Waals surface area (Å²) in [7, 11) is 1.56. The molecular weight excluding hydrogens is 362 g/mol. The molecule has 9 nitrogen and oxygen atoms in total. The number of methoxy groups -OCH3 is 1. The van der Waals surface area contributed by atoms with Crippen LogP contribution < -0.4 is 20.3 Å². The molecular formula is C19H21N5O4. The maximum atomic E-state index is 12.3. The molecule has 0 saturated carbocycles. The van der Waals surface area contributed by atoms with E-state index in [9.17, 15) is 9.59 Å². The number of carbonyl (C=O) groups is 1. The zero-order valence-corrected chi connectivity index (χ0v) is 16.1. The minimum atomic E-state index is -0.379. The van der Waals surface area contributed by atoms with E-state index in [1.165, 1.54) is 4.68 Å². The first-order chi connectivity index (χ1) is 13.4. The predicted octanol–water partition coefficient (Wildman–Crippen LogP) is 1.91. The Balaban J connectivity index is 1.76. The average molecular weight is 383 g/mol. The van der Waals surface area contributed by atoms with Crippen LogP contribution in [0.25, 0.3) is 5.95 Å². The summed E-state index contributed by atoms with van der Waals surface area (Å²) in [5.41, 5.74) is 1.52. The molecule has 0 saturated heterocycles. The van der Waals surface area contributed by atoms with Crippen LogP contribution in [-0.2, 0) is 4.79 Å². The molecule has 0 bridgehead atoms. The molecule has 1 amide bonds. The number of hydrogen-bond donors (Lipinski definition) is 2. The highest BCUT2D eigenvalue weighted by molar-refractivity contribution is 5.91. The summed E-state index contributed by atoms with van der Waals surface area (Å²) < 4.78 is 12.0. The van der Waals surface area contributed by atoms with Crippen molar-refractivity contribution in [3.63, 3.8) is 0 Å². The highest BCUT2D eigenvalue weighted by atomic mass is 16.5. The Hall–Kier alpha value is -3.62. The van der Waals surface area contributed by atoms with Crippen LogP contribution in [0, 0.1) is 20.8 Å². The monoisotopic (exact) mass is 383 g/mol. The lowest BCUT2D eigenvalue weighted by molar-refractivity contribution is -0.118. The van der Waals surface area contributed by atoms with Crippen molar-refractivity contribution in [2.75, 3.05) is 19.0 Å². The molecule has 0 unspecified atom stereocenters. The van der Waals surface area contributed by atoms with E-state index in [0.29, 0.717) is 34.3 Å². The fraction of sp³-hybridized carbons (Fsp3) is 0.263. The van der Waals surface area contributed by atoms with Gasteiger partial charge in [-0.1, -0.05) is 6.07 Å². The third kappa shape index (κ3) is 4.20. The lowest BCUT2D eigenvalue weighted by Crippen LogP contribution is -2.23. The first-order valence-electron chi connectivity index (χ1n) is 8.58. The normalized spacial score (nSPS) is 10.6. The molecule has 9 heteroatoms. The molecule has 146 valence electrons. The number of amides is 1. The van der Waals surface area contributed by atoms with Gasteiger partial charge in [-0.2, -0.15) is 9.78 Å². The minimum absolute atomic E-state index is 0.200. The van der Waals surface area contributed by atoms with Gasteiger partial charge in [0.05, 0.1) is 12.8 Å². The van der Waals surface area contributed by atoms with Crippen molar-refractivity contribution in [1.82, 2.24) is 19.7 Å². The van der Waals surface area contributed by atoms with Crippen LogP contribution in [-0.4, -0.2) is 39.4 Å². The van der Waals surface area contributed by atoms with Gasteiger partial charge in [0, 0.05) is 23.4 Å². The summed E-state index contributed by atoms with van der Waals surface area (Å²) in [4.78, 5) is 31.4. The number of anilines is 1. The van der Waals surface area contributed by atoms with E-state index in [4.69, 9.17) is 9.47 Å². The Labute approximate surface area is 161 Å². The molecule has 28 heavy (non-hydrogen) atoms. The average Bonchev–Trinajstić information content (AvgIpc) is 3.04. The van der Waals surface area contributed by atoms with Crippen LogP contribution in [0.5, 0.6) is 11.5 Å². The van der Waals surface area contributed by atoms with Crippen LogP contribution in [0.3, 0.4) is 0 Å². The van der Waals surface area contributed by atoms with Gasteiger partial charge in [-0.3, -0.25) is 14.6 Å². The van der Waals surface area contributed by atoms with Crippen molar-refractivity contribution in [3.05, 3.63) is 57.6 Å². The fourth-order valence-electron chi connectivity index (χ4n) is 2.50. The summed E-state index contributed by atoms with van der Waals surface area (Å²) in [5, 5.41) is 7.02. The summed E-state index contributed by atoms with van der Waals surface area (Å²) in [6, 6.07) is 8.65. The highest BCUT2D eigenvalue weighted by Crippen LogP contribution is 2.19. The lowest BCUT2D eigenvalue weighted by Gasteiger charge is -2.10. The summed E-state index contributed by atoms with van der Waals surface area (Å²) in [6.07, 6.45) is 0. The number of nitrogens with one attached hydrogen (secondary N) is 2. The number of benzene rings is 1. The number of carbonyl (C=O) groups excluding carboxylic acids is 1. The van der Waals surface area contributed by atoms with E-state index in [1.807, 2.05) is 0 Å². The largest absolute Gasteiger partial charge is 0.497 e. The van der Waals surface area contributed by atoms with E-state index in [-0.39, 0.29) is 24.0 Å². The third-order valence-corrected chi connectivity index (χ3v) is 4.09. The number of hydrogen-bond acceptors (Lipinski definition) is 6. The fourth-order valence-corrected chi connectivity index (χ4v) is 2.50. The molecule has 0 atom stereocenters. The zero-order chi connectivity index (χ0) is 20.3. The molecule has 0 aliphatic carbocycles. The topological polar surface area (TPSA) is 111 Å². The quantitative estimate of drug-likeness (QED) is 0.673. The standard InChI is InChI=1S/C19H21N5O4/c1-11-8-16(24(23-11)19-20-13(3)12(2)18(26)22-19)21-17(25)10-28-15-7-5-6-14(9-15)27-4/h5-9H,10H2,1-4H3,(H,21,25)(H,20,22,26). The third-order valence-electron chi connectivity index (χ3n) is 4.09. The Morgan fingerprint density at radius 1 is 1.21 bits per heavy atom. The zero-order valence-electron chi connectivity index (χ0n) is 16.1. The van der Waals surface area contributed by atoms with E-state index in [2.05, 4.69) is 20.4 Å². The van der Waals surface area contributed by atoms with Gasteiger partial charge in [0.15, 0.2) is 6.61 Å². The van der Waals surface area contributed by atoms with Gasteiger partial charge in [-0.15, -0.1) is 0 Å². The maximum absolute atomic E-state index is 12.3. The molecule has 0 aliphatic heterocycles. The molecule has 3 rings (SSSR count). The number of ether oxygens (including phenoxy) is 2. The second kappa shape index (κ2) is 7.95. The molecule has 3 aromatic rings. The van der Waals surface area contributed by atoms with Crippen molar-refractivity contribution in [2.45, 2.75) is 20.8 Å². The molecule has 2 N–H and O–H groups in total. The van der Waals surface area contributed by atoms with Crippen LogP contribution in [0.4, 0.5) is 5.82 Å². The van der Waals surface area contributed by atoms with Gasteiger partial charge in [0.1, 0.15) is 17.3 Å². The van der Waals surface area contributed by atoms with Gasteiger partial charge < -0.3 is 14.8 Å². The van der Waals surface area contributed by atoms with Crippen molar-refractivity contribution in [2.24, 2.45) is 0 Å². The summed E-state index contributed by atoms with van der Waals surface area (Å²) in [6.45, 7) is 5.01. The Morgan fingerprint density at radius 2 is 1.96 bits per heavy atom. The molecule has 1 aromatic carbocycles. The van der Waals surface area contributed by atoms with Gasteiger partial charge in [0.2, 0.25) is 5.95 Å². The number of rotatable bonds is 6. The smallest absolute Gasteiger partial charge is 0.263 e. The number of nitrogens with zero attached hydrogens (tertiary/aromatic N) is 3. The maximum Gasteiger partial charge on any atom is 0.263 e. The van der Waals surface area contributed by atoms with E-state index >= 15 is 0 Å². The van der Waals surface area contributed by atoms with Crippen LogP contribution in [0.1, 0.15) is 17.0 Å². The van der Waals surface area contributed by atoms with Crippen LogP contribution >= 0.6 is 0 Å². The summed E-state index contributed by atoms with van der Waals surface area (Å²) >= 11 is 0. The number of aromatic nitrogens is 4. The number of aromatic amines is 1. The van der Waals surface area contributed by atoms with Crippen molar-refractivity contribution in [3.8, 4) is 17.4 Å². The van der Waals surface area contributed by atoms with Crippen LogP contribution in [0.2, 0.25) is 0 Å². The minimum Gasteiger partial charge on any atom is -0.497 e. The van der Waals surface area contributed by atoms with Gasteiger partial charge >= 0.3 is 0 Å². The molecule has 0 radical (unpaired) electrons. The molecule has 0 spiro atoms. The molecule has 0 aliphatic rings. The second-order valence-corrected chi connectivity index (χ2v) is 6.20. The second-order valence-electron chi connectivity index (χ2n) is 6.20.